The standard InChI is InChI=1S/C17H18N2O/c1-3-20-17-10-6-15(7-11-17)13(2)19-16-8-4-14(12-18)5-9-16/h4-11,13,19H,3H2,1-2H3. The predicted octanol–water partition coefficient (Wildman–Crippen LogP) is 4.13. The molecule has 0 aliphatic carbocycles. The van der Waals surface area contributed by atoms with Gasteiger partial charge in [-0.3, -0.25) is 0 Å². The molecule has 0 saturated carbocycles. The summed E-state index contributed by atoms with van der Waals surface area (Å²) in [5.74, 6) is 0.891. The van der Waals surface area contributed by atoms with Crippen LogP contribution in [-0.4, -0.2) is 6.61 Å². The maximum Gasteiger partial charge on any atom is 0.119 e. The fourth-order valence-electron chi connectivity index (χ4n) is 1.99. The lowest BCUT2D eigenvalue weighted by molar-refractivity contribution is 0.340. The third kappa shape index (κ3) is 3.52. The molecule has 3 nitrogen and oxygen atoms in total. The van der Waals surface area contributed by atoms with Crippen molar-refractivity contribution in [3.8, 4) is 11.8 Å². The van der Waals surface area contributed by atoms with Gasteiger partial charge in [-0.25, -0.2) is 0 Å². The third-order valence-electron chi connectivity index (χ3n) is 3.09. The van der Waals surface area contributed by atoms with Gasteiger partial charge in [-0.15, -0.1) is 0 Å². The topological polar surface area (TPSA) is 45.0 Å². The lowest BCUT2D eigenvalue weighted by atomic mass is 10.1. The Morgan fingerprint density at radius 3 is 2.30 bits per heavy atom. The van der Waals surface area contributed by atoms with Crippen molar-refractivity contribution in [2.75, 3.05) is 11.9 Å². The molecular formula is C17H18N2O. The van der Waals surface area contributed by atoms with Gasteiger partial charge in [0.15, 0.2) is 0 Å². The highest BCUT2D eigenvalue weighted by Gasteiger charge is 2.05. The first kappa shape index (κ1) is 14.0. The van der Waals surface area contributed by atoms with E-state index in [0.717, 1.165) is 11.4 Å². The molecule has 3 heteroatoms. The van der Waals surface area contributed by atoms with Gasteiger partial charge in [0.2, 0.25) is 0 Å². The van der Waals surface area contributed by atoms with Crippen LogP contribution in [0, 0.1) is 11.3 Å². The zero-order chi connectivity index (χ0) is 14.4. The quantitative estimate of drug-likeness (QED) is 0.885. The molecule has 1 N–H and O–H groups in total. The summed E-state index contributed by atoms with van der Waals surface area (Å²) < 4.78 is 5.43. The molecular weight excluding hydrogens is 248 g/mol. The van der Waals surface area contributed by atoms with E-state index < -0.39 is 0 Å². The Labute approximate surface area is 119 Å². The Balaban J connectivity index is 2.03. The van der Waals surface area contributed by atoms with Crippen molar-refractivity contribution in [2.45, 2.75) is 19.9 Å². The van der Waals surface area contributed by atoms with E-state index in [4.69, 9.17) is 10.00 Å². The van der Waals surface area contributed by atoms with E-state index in [9.17, 15) is 0 Å². The molecule has 1 unspecified atom stereocenters. The molecule has 0 fully saturated rings. The Bertz CT molecular complexity index is 582. The van der Waals surface area contributed by atoms with Gasteiger partial charge in [-0.2, -0.15) is 5.26 Å². The van der Waals surface area contributed by atoms with E-state index in [0.29, 0.717) is 12.2 Å². The molecule has 0 amide bonds. The van der Waals surface area contributed by atoms with Crippen molar-refractivity contribution in [2.24, 2.45) is 0 Å². The van der Waals surface area contributed by atoms with Crippen LogP contribution in [0.25, 0.3) is 0 Å². The Kier molecular flexibility index (Phi) is 4.62. The minimum Gasteiger partial charge on any atom is -0.494 e. The van der Waals surface area contributed by atoms with Crippen molar-refractivity contribution in [1.29, 1.82) is 5.26 Å². The Morgan fingerprint density at radius 2 is 1.75 bits per heavy atom. The maximum absolute atomic E-state index is 8.78. The highest BCUT2D eigenvalue weighted by molar-refractivity contribution is 5.49. The van der Waals surface area contributed by atoms with Crippen molar-refractivity contribution >= 4 is 5.69 Å². The minimum atomic E-state index is 0.193. The molecule has 20 heavy (non-hydrogen) atoms. The van der Waals surface area contributed by atoms with E-state index in [1.807, 2.05) is 43.3 Å². The van der Waals surface area contributed by atoms with Gasteiger partial charge in [0, 0.05) is 11.7 Å². The molecule has 2 aromatic rings. The molecule has 2 rings (SSSR count). The average Bonchev–Trinajstić information content (AvgIpc) is 2.49. The number of hydrogen-bond donors (Lipinski definition) is 1. The first-order chi connectivity index (χ1) is 9.72. The summed E-state index contributed by atoms with van der Waals surface area (Å²) in [6.07, 6.45) is 0. The highest BCUT2D eigenvalue weighted by Crippen LogP contribution is 2.21. The summed E-state index contributed by atoms with van der Waals surface area (Å²) in [6.45, 7) is 4.76. The SMILES string of the molecule is CCOc1ccc(C(C)Nc2ccc(C#N)cc2)cc1. The Morgan fingerprint density at radius 1 is 1.10 bits per heavy atom. The van der Waals surface area contributed by atoms with Crippen molar-refractivity contribution < 1.29 is 4.74 Å². The van der Waals surface area contributed by atoms with E-state index in [-0.39, 0.29) is 6.04 Å². The van der Waals surface area contributed by atoms with Gasteiger partial charge < -0.3 is 10.1 Å². The number of nitrogens with one attached hydrogen (secondary N) is 1. The van der Waals surface area contributed by atoms with Crippen molar-refractivity contribution in [1.82, 2.24) is 0 Å². The smallest absolute Gasteiger partial charge is 0.119 e. The molecule has 0 saturated heterocycles. The van der Waals surface area contributed by atoms with Gasteiger partial charge in [0.1, 0.15) is 5.75 Å². The second kappa shape index (κ2) is 6.63. The third-order valence-corrected chi connectivity index (χ3v) is 3.09. The first-order valence-electron chi connectivity index (χ1n) is 6.72. The van der Waals surface area contributed by atoms with Crippen LogP contribution < -0.4 is 10.1 Å². The number of nitrogens with zero attached hydrogens (tertiary/aromatic N) is 1. The van der Waals surface area contributed by atoms with Crippen molar-refractivity contribution in [3.63, 3.8) is 0 Å². The molecule has 0 heterocycles. The number of rotatable bonds is 5. The molecule has 1 atom stereocenters. The van der Waals surface area contributed by atoms with Crippen LogP contribution in [0.1, 0.15) is 31.0 Å². The zero-order valence-electron chi connectivity index (χ0n) is 11.8. The van der Waals surface area contributed by atoms with Crippen LogP contribution in [-0.2, 0) is 0 Å². The molecule has 0 aliphatic rings. The van der Waals surface area contributed by atoms with Crippen LogP contribution in [0.4, 0.5) is 5.69 Å². The van der Waals surface area contributed by atoms with E-state index in [1.54, 1.807) is 0 Å². The molecule has 102 valence electrons. The van der Waals surface area contributed by atoms with Gasteiger partial charge in [-0.05, 0) is 55.8 Å². The predicted molar refractivity (Wildman–Crippen MR) is 80.8 cm³/mol. The lowest BCUT2D eigenvalue weighted by Gasteiger charge is -2.16. The highest BCUT2D eigenvalue weighted by atomic mass is 16.5. The normalized spacial score (nSPS) is 11.4. The molecule has 0 bridgehead atoms. The van der Waals surface area contributed by atoms with E-state index in [2.05, 4.69) is 30.4 Å². The van der Waals surface area contributed by atoms with E-state index >= 15 is 0 Å². The molecule has 0 aromatic heterocycles. The fourth-order valence-corrected chi connectivity index (χ4v) is 1.99. The molecule has 2 aromatic carbocycles. The van der Waals surface area contributed by atoms with Gasteiger partial charge >= 0.3 is 0 Å². The maximum atomic E-state index is 8.78. The van der Waals surface area contributed by atoms with Gasteiger partial charge in [-0.1, -0.05) is 12.1 Å². The van der Waals surface area contributed by atoms with Gasteiger partial charge in [0.05, 0.1) is 18.2 Å². The molecule has 0 radical (unpaired) electrons. The first-order valence-corrected chi connectivity index (χ1v) is 6.72. The number of anilines is 1. The zero-order valence-corrected chi connectivity index (χ0v) is 11.8. The summed E-state index contributed by atoms with van der Waals surface area (Å²) in [5, 5.41) is 12.2. The summed E-state index contributed by atoms with van der Waals surface area (Å²) in [4.78, 5) is 0. The van der Waals surface area contributed by atoms with Gasteiger partial charge in [0.25, 0.3) is 0 Å². The second-order valence-electron chi connectivity index (χ2n) is 4.56. The molecule has 0 aliphatic heterocycles. The number of hydrogen-bond acceptors (Lipinski definition) is 3. The minimum absolute atomic E-state index is 0.193. The van der Waals surface area contributed by atoms with E-state index in [1.165, 1.54) is 5.56 Å². The van der Waals surface area contributed by atoms with Crippen LogP contribution in [0.15, 0.2) is 48.5 Å². The second-order valence-corrected chi connectivity index (χ2v) is 4.56. The fraction of sp³-hybridized carbons (Fsp3) is 0.235. The van der Waals surface area contributed by atoms with Crippen LogP contribution in [0.3, 0.4) is 0 Å². The summed E-state index contributed by atoms with van der Waals surface area (Å²) >= 11 is 0. The Hall–Kier alpha value is -2.47. The average molecular weight is 266 g/mol. The largest absolute Gasteiger partial charge is 0.494 e. The summed E-state index contributed by atoms with van der Waals surface area (Å²) in [6, 6.07) is 17.9. The van der Waals surface area contributed by atoms with Crippen LogP contribution in [0.5, 0.6) is 5.75 Å². The van der Waals surface area contributed by atoms with Crippen LogP contribution >= 0.6 is 0 Å². The molecule has 0 spiro atoms. The summed E-state index contributed by atoms with van der Waals surface area (Å²) in [5.41, 5.74) is 2.87. The number of nitriles is 1. The summed E-state index contributed by atoms with van der Waals surface area (Å²) in [7, 11) is 0. The van der Waals surface area contributed by atoms with Crippen molar-refractivity contribution in [3.05, 3.63) is 59.7 Å². The number of ether oxygens (including phenoxy) is 1. The number of benzene rings is 2. The lowest BCUT2D eigenvalue weighted by Crippen LogP contribution is -2.06. The van der Waals surface area contributed by atoms with Crippen LogP contribution in [0.2, 0.25) is 0 Å². The monoisotopic (exact) mass is 266 g/mol.